The van der Waals surface area contributed by atoms with Crippen LogP contribution in [0.25, 0.3) is 0 Å². The lowest BCUT2D eigenvalue weighted by atomic mass is 10.1. The van der Waals surface area contributed by atoms with Crippen LogP contribution in [0.15, 0.2) is 36.4 Å². The van der Waals surface area contributed by atoms with E-state index in [9.17, 15) is 4.79 Å². The first kappa shape index (κ1) is 19.6. The molecule has 0 aliphatic heterocycles. The SMILES string of the molecule is COc1ccc(C(=O)NCc2ccc(Cl)cc2Cl)cc1COC(C)C. The molecule has 0 heterocycles. The second-order valence-corrected chi connectivity index (χ2v) is 6.65. The van der Waals surface area contributed by atoms with Gasteiger partial charge in [0.05, 0.1) is 19.8 Å². The van der Waals surface area contributed by atoms with E-state index in [0.717, 1.165) is 11.1 Å². The quantitative estimate of drug-likeness (QED) is 0.744. The highest BCUT2D eigenvalue weighted by Crippen LogP contribution is 2.23. The molecule has 0 saturated carbocycles. The number of methoxy groups -OCH3 is 1. The largest absolute Gasteiger partial charge is 0.496 e. The van der Waals surface area contributed by atoms with Gasteiger partial charge in [-0.3, -0.25) is 4.79 Å². The van der Waals surface area contributed by atoms with Crippen molar-refractivity contribution in [1.82, 2.24) is 5.32 Å². The molecule has 0 aliphatic carbocycles. The van der Waals surface area contributed by atoms with Gasteiger partial charge in [-0.15, -0.1) is 0 Å². The molecule has 0 spiro atoms. The number of carbonyl (C=O) groups excluding carboxylic acids is 1. The molecule has 25 heavy (non-hydrogen) atoms. The summed E-state index contributed by atoms with van der Waals surface area (Å²) in [5, 5.41) is 3.94. The van der Waals surface area contributed by atoms with Gasteiger partial charge in [0.1, 0.15) is 5.75 Å². The maximum atomic E-state index is 12.4. The lowest BCUT2D eigenvalue weighted by Crippen LogP contribution is -2.23. The highest BCUT2D eigenvalue weighted by atomic mass is 35.5. The zero-order valence-electron chi connectivity index (χ0n) is 14.4. The Balaban J connectivity index is 2.09. The Morgan fingerprint density at radius 1 is 1.12 bits per heavy atom. The van der Waals surface area contributed by atoms with Crippen molar-refractivity contribution in [3.05, 3.63) is 63.1 Å². The van der Waals surface area contributed by atoms with Gasteiger partial charge in [0.2, 0.25) is 0 Å². The minimum absolute atomic E-state index is 0.0919. The molecule has 0 fully saturated rings. The van der Waals surface area contributed by atoms with Gasteiger partial charge in [0.25, 0.3) is 5.91 Å². The summed E-state index contributed by atoms with van der Waals surface area (Å²) in [7, 11) is 1.59. The third kappa shape index (κ3) is 5.63. The van der Waals surface area contributed by atoms with Gasteiger partial charge in [-0.2, -0.15) is 0 Å². The fraction of sp³-hybridized carbons (Fsp3) is 0.316. The van der Waals surface area contributed by atoms with Crippen molar-refractivity contribution in [3.63, 3.8) is 0 Å². The molecule has 2 rings (SSSR count). The van der Waals surface area contributed by atoms with Gasteiger partial charge in [0, 0.05) is 27.7 Å². The van der Waals surface area contributed by atoms with E-state index in [4.69, 9.17) is 32.7 Å². The normalized spacial score (nSPS) is 10.8. The number of halogens is 2. The highest BCUT2D eigenvalue weighted by Gasteiger charge is 2.12. The molecule has 4 nitrogen and oxygen atoms in total. The van der Waals surface area contributed by atoms with E-state index in [0.29, 0.717) is 34.5 Å². The molecule has 1 N–H and O–H groups in total. The van der Waals surface area contributed by atoms with Crippen molar-refractivity contribution in [2.24, 2.45) is 0 Å². The second-order valence-electron chi connectivity index (χ2n) is 5.80. The molecule has 0 unspecified atom stereocenters. The first-order valence-electron chi connectivity index (χ1n) is 7.91. The van der Waals surface area contributed by atoms with E-state index in [2.05, 4.69) is 5.32 Å². The van der Waals surface area contributed by atoms with Crippen LogP contribution in [0.4, 0.5) is 0 Å². The predicted octanol–water partition coefficient (Wildman–Crippen LogP) is 4.86. The molecule has 2 aromatic rings. The van der Waals surface area contributed by atoms with E-state index in [1.165, 1.54) is 0 Å². The summed E-state index contributed by atoms with van der Waals surface area (Å²) < 4.78 is 10.9. The van der Waals surface area contributed by atoms with Crippen molar-refractivity contribution >= 4 is 29.1 Å². The van der Waals surface area contributed by atoms with Crippen LogP contribution in [0.1, 0.15) is 35.3 Å². The van der Waals surface area contributed by atoms with Crippen LogP contribution in [0.3, 0.4) is 0 Å². The summed E-state index contributed by atoms with van der Waals surface area (Å²) in [5.41, 5.74) is 2.16. The topological polar surface area (TPSA) is 47.6 Å². The lowest BCUT2D eigenvalue weighted by Gasteiger charge is -2.13. The predicted molar refractivity (Wildman–Crippen MR) is 101 cm³/mol. The number of benzene rings is 2. The molecule has 6 heteroatoms. The van der Waals surface area contributed by atoms with Crippen LogP contribution < -0.4 is 10.1 Å². The number of nitrogens with one attached hydrogen (secondary N) is 1. The Morgan fingerprint density at radius 2 is 1.88 bits per heavy atom. The monoisotopic (exact) mass is 381 g/mol. The molecule has 1 amide bonds. The van der Waals surface area contributed by atoms with Crippen LogP contribution in [-0.4, -0.2) is 19.1 Å². The number of carbonyl (C=O) groups is 1. The Labute approximate surface area is 158 Å². The average Bonchev–Trinajstić information content (AvgIpc) is 2.58. The highest BCUT2D eigenvalue weighted by molar-refractivity contribution is 6.35. The Kier molecular flexibility index (Phi) is 7.12. The van der Waals surface area contributed by atoms with Gasteiger partial charge < -0.3 is 14.8 Å². The van der Waals surface area contributed by atoms with Gasteiger partial charge in [0.15, 0.2) is 0 Å². The van der Waals surface area contributed by atoms with E-state index >= 15 is 0 Å². The zero-order valence-corrected chi connectivity index (χ0v) is 15.9. The molecular weight excluding hydrogens is 361 g/mol. The van der Waals surface area contributed by atoms with Crippen LogP contribution in [0.5, 0.6) is 5.75 Å². The summed E-state index contributed by atoms with van der Waals surface area (Å²) in [4.78, 5) is 12.4. The third-order valence-electron chi connectivity index (χ3n) is 3.57. The lowest BCUT2D eigenvalue weighted by molar-refractivity contribution is 0.0644. The number of rotatable bonds is 7. The van der Waals surface area contributed by atoms with Crippen molar-refractivity contribution in [2.75, 3.05) is 7.11 Å². The first-order chi connectivity index (χ1) is 11.9. The molecular formula is C19H21Cl2NO3. The maximum Gasteiger partial charge on any atom is 0.251 e. The standard InChI is InChI=1S/C19H21Cl2NO3/c1-12(2)25-11-15-8-13(5-7-18(15)24-3)19(23)22-10-14-4-6-16(20)9-17(14)21/h4-9,12H,10-11H2,1-3H3,(H,22,23). The number of amides is 1. The fourth-order valence-electron chi connectivity index (χ4n) is 2.23. The number of hydrogen-bond donors (Lipinski definition) is 1. The van der Waals surface area contributed by atoms with Gasteiger partial charge in [-0.25, -0.2) is 0 Å². The first-order valence-corrected chi connectivity index (χ1v) is 8.67. The molecule has 134 valence electrons. The molecule has 0 aliphatic rings. The zero-order chi connectivity index (χ0) is 18.4. The minimum Gasteiger partial charge on any atom is -0.496 e. The molecule has 0 bridgehead atoms. The van der Waals surface area contributed by atoms with Crippen molar-refractivity contribution < 1.29 is 14.3 Å². The third-order valence-corrected chi connectivity index (χ3v) is 4.16. The number of ether oxygens (including phenoxy) is 2. The van der Waals surface area contributed by atoms with Gasteiger partial charge >= 0.3 is 0 Å². The van der Waals surface area contributed by atoms with E-state index in [-0.39, 0.29) is 12.0 Å². The van der Waals surface area contributed by atoms with Crippen molar-refractivity contribution in [2.45, 2.75) is 33.1 Å². The summed E-state index contributed by atoms with van der Waals surface area (Å²) in [6.45, 7) is 4.61. The molecule has 2 aromatic carbocycles. The summed E-state index contributed by atoms with van der Waals surface area (Å²) in [5.74, 6) is 0.498. The van der Waals surface area contributed by atoms with E-state index in [1.807, 2.05) is 13.8 Å². The maximum absolute atomic E-state index is 12.4. The van der Waals surface area contributed by atoms with Crippen molar-refractivity contribution in [3.8, 4) is 5.75 Å². The minimum atomic E-state index is -0.195. The fourth-order valence-corrected chi connectivity index (χ4v) is 2.71. The molecule has 0 saturated heterocycles. The second kappa shape index (κ2) is 9.09. The van der Waals surface area contributed by atoms with Crippen LogP contribution in [0, 0.1) is 0 Å². The van der Waals surface area contributed by atoms with Crippen LogP contribution in [-0.2, 0) is 17.9 Å². The van der Waals surface area contributed by atoms with Gasteiger partial charge in [-0.1, -0.05) is 29.3 Å². The van der Waals surface area contributed by atoms with E-state index in [1.54, 1.807) is 43.5 Å². The summed E-state index contributed by atoms with van der Waals surface area (Å²) in [6.07, 6.45) is 0.0919. The smallest absolute Gasteiger partial charge is 0.251 e. The van der Waals surface area contributed by atoms with E-state index < -0.39 is 0 Å². The molecule has 0 aromatic heterocycles. The Morgan fingerprint density at radius 3 is 2.52 bits per heavy atom. The number of hydrogen-bond acceptors (Lipinski definition) is 3. The van der Waals surface area contributed by atoms with Crippen LogP contribution >= 0.6 is 23.2 Å². The Hall–Kier alpha value is -1.75. The van der Waals surface area contributed by atoms with Crippen molar-refractivity contribution in [1.29, 1.82) is 0 Å². The Bertz CT molecular complexity index is 747. The molecule has 0 atom stereocenters. The molecule has 0 radical (unpaired) electrons. The van der Waals surface area contributed by atoms with Gasteiger partial charge in [-0.05, 0) is 49.7 Å². The summed E-state index contributed by atoms with van der Waals surface area (Å²) in [6, 6.07) is 10.4. The average molecular weight is 382 g/mol. The summed E-state index contributed by atoms with van der Waals surface area (Å²) >= 11 is 12.0. The van der Waals surface area contributed by atoms with Crippen LogP contribution in [0.2, 0.25) is 10.0 Å².